The number of aromatic nitrogens is 1. The molecule has 23 heavy (non-hydrogen) atoms. The second-order valence-corrected chi connectivity index (χ2v) is 9.91. The third kappa shape index (κ3) is 3.95. The molecule has 0 aliphatic rings. The minimum Gasteiger partial charge on any atom is -0.279 e. The summed E-state index contributed by atoms with van der Waals surface area (Å²) < 4.78 is 28.5. The Morgan fingerprint density at radius 3 is 2.61 bits per heavy atom. The van der Waals surface area contributed by atoms with Crippen LogP contribution in [0.25, 0.3) is 0 Å². The van der Waals surface area contributed by atoms with Gasteiger partial charge in [0.25, 0.3) is 10.0 Å². The summed E-state index contributed by atoms with van der Waals surface area (Å²) in [4.78, 5) is 5.46. The van der Waals surface area contributed by atoms with Crippen LogP contribution in [-0.2, 0) is 10.0 Å². The van der Waals surface area contributed by atoms with Gasteiger partial charge in [-0.25, -0.2) is 13.4 Å². The van der Waals surface area contributed by atoms with Crippen molar-refractivity contribution in [3.8, 4) is 0 Å². The molecule has 0 fully saturated rings. The molecule has 3 rings (SSSR count). The Bertz CT molecular complexity index is 915. The smallest absolute Gasteiger partial charge is 0.271 e. The van der Waals surface area contributed by atoms with Crippen molar-refractivity contribution in [1.82, 2.24) is 4.98 Å². The summed E-state index contributed by atoms with van der Waals surface area (Å²) in [5.74, 6) is 0. The molecule has 0 spiro atoms. The summed E-state index contributed by atoms with van der Waals surface area (Å²) in [6, 6.07) is 8.98. The van der Waals surface area contributed by atoms with Crippen molar-refractivity contribution in [2.75, 3.05) is 4.72 Å². The lowest BCUT2D eigenvalue weighted by molar-refractivity contribution is 0.603. The van der Waals surface area contributed by atoms with E-state index in [2.05, 4.69) is 9.71 Å². The monoisotopic (exact) mass is 382 g/mol. The maximum Gasteiger partial charge on any atom is 0.271 e. The Morgan fingerprint density at radius 1 is 1.17 bits per heavy atom. The molecule has 0 unspecified atom stereocenters. The summed E-state index contributed by atoms with van der Waals surface area (Å²) in [7, 11) is -3.51. The molecule has 120 valence electrons. The van der Waals surface area contributed by atoms with E-state index in [1.165, 1.54) is 11.3 Å². The van der Waals surface area contributed by atoms with Gasteiger partial charge in [0.1, 0.15) is 4.21 Å². The SMILES string of the molecule is Cc1csc(Sc2ccc(NS(=O)(=O)c3cccs3)c(C)c2)n1. The minimum atomic E-state index is -3.51. The molecule has 1 aromatic carbocycles. The van der Waals surface area contributed by atoms with Crippen LogP contribution in [0, 0.1) is 13.8 Å². The fourth-order valence-electron chi connectivity index (χ4n) is 1.91. The number of nitrogens with zero attached hydrogens (tertiary/aromatic N) is 1. The van der Waals surface area contributed by atoms with Crippen molar-refractivity contribution in [3.63, 3.8) is 0 Å². The number of hydrogen-bond donors (Lipinski definition) is 1. The maximum atomic E-state index is 12.3. The highest BCUT2D eigenvalue weighted by atomic mass is 32.2. The van der Waals surface area contributed by atoms with Gasteiger partial charge in [-0.15, -0.1) is 22.7 Å². The van der Waals surface area contributed by atoms with E-state index in [0.29, 0.717) is 9.90 Å². The van der Waals surface area contributed by atoms with Crippen LogP contribution in [-0.4, -0.2) is 13.4 Å². The summed E-state index contributed by atoms with van der Waals surface area (Å²) in [5.41, 5.74) is 2.48. The van der Waals surface area contributed by atoms with Crippen molar-refractivity contribution in [3.05, 3.63) is 52.3 Å². The van der Waals surface area contributed by atoms with E-state index in [-0.39, 0.29) is 0 Å². The van der Waals surface area contributed by atoms with Crippen LogP contribution in [0.4, 0.5) is 5.69 Å². The maximum absolute atomic E-state index is 12.3. The molecule has 0 amide bonds. The number of benzene rings is 1. The molecule has 2 heterocycles. The first-order valence-electron chi connectivity index (χ1n) is 6.71. The molecule has 1 N–H and O–H groups in total. The van der Waals surface area contributed by atoms with Gasteiger partial charge >= 0.3 is 0 Å². The zero-order chi connectivity index (χ0) is 16.4. The highest BCUT2D eigenvalue weighted by molar-refractivity contribution is 8.01. The lowest BCUT2D eigenvalue weighted by Crippen LogP contribution is -2.12. The van der Waals surface area contributed by atoms with Gasteiger partial charge in [-0.05, 0) is 49.1 Å². The molecule has 0 aliphatic heterocycles. The van der Waals surface area contributed by atoms with Crippen LogP contribution in [0.1, 0.15) is 11.3 Å². The molecule has 0 aliphatic carbocycles. The van der Waals surface area contributed by atoms with Crippen LogP contribution in [0.3, 0.4) is 0 Å². The van der Waals surface area contributed by atoms with Crippen LogP contribution >= 0.6 is 34.4 Å². The lowest BCUT2D eigenvalue weighted by atomic mass is 10.2. The molecule has 0 radical (unpaired) electrons. The molecule has 3 aromatic rings. The first-order valence-corrected chi connectivity index (χ1v) is 10.8. The topological polar surface area (TPSA) is 59.1 Å². The van der Waals surface area contributed by atoms with E-state index < -0.39 is 10.0 Å². The first kappa shape index (κ1) is 16.5. The quantitative estimate of drug-likeness (QED) is 0.690. The normalized spacial score (nSPS) is 11.6. The standard InChI is InChI=1S/C15H14N2O2S4/c1-10-8-12(22-15-16-11(2)9-21-15)5-6-13(10)17-23(18,19)14-4-3-7-20-14/h3-9,17H,1-2H3. The summed E-state index contributed by atoms with van der Waals surface area (Å²) in [5, 5.41) is 3.76. The largest absolute Gasteiger partial charge is 0.279 e. The Kier molecular flexibility index (Phi) is 4.77. The van der Waals surface area contributed by atoms with Gasteiger partial charge < -0.3 is 0 Å². The van der Waals surface area contributed by atoms with E-state index in [9.17, 15) is 8.42 Å². The number of thiophene rings is 1. The number of hydrogen-bond acceptors (Lipinski definition) is 6. The fourth-order valence-corrected chi connectivity index (χ4v) is 5.94. The van der Waals surface area contributed by atoms with Gasteiger partial charge in [-0.3, -0.25) is 4.72 Å². The molecular formula is C15H14N2O2S4. The third-order valence-corrected chi connectivity index (χ3v) is 7.81. The van der Waals surface area contributed by atoms with Crippen molar-refractivity contribution in [1.29, 1.82) is 0 Å². The van der Waals surface area contributed by atoms with E-state index >= 15 is 0 Å². The van der Waals surface area contributed by atoms with E-state index in [1.54, 1.807) is 46.7 Å². The molecule has 0 saturated heterocycles. The Labute approximate surface area is 147 Å². The zero-order valence-electron chi connectivity index (χ0n) is 12.4. The molecule has 0 saturated carbocycles. The number of anilines is 1. The molecule has 8 heteroatoms. The Balaban J connectivity index is 1.80. The van der Waals surface area contributed by atoms with E-state index in [0.717, 1.165) is 20.5 Å². The summed E-state index contributed by atoms with van der Waals surface area (Å²) in [6.45, 7) is 3.86. The number of rotatable bonds is 5. The van der Waals surface area contributed by atoms with Crippen LogP contribution in [0.15, 0.2) is 54.5 Å². The average molecular weight is 383 g/mol. The molecule has 0 atom stereocenters. The molecule has 4 nitrogen and oxygen atoms in total. The van der Waals surface area contributed by atoms with Gasteiger partial charge in [0.15, 0.2) is 4.34 Å². The van der Waals surface area contributed by atoms with Crippen molar-refractivity contribution in [2.45, 2.75) is 27.3 Å². The van der Waals surface area contributed by atoms with Gasteiger partial charge in [0.2, 0.25) is 0 Å². The first-order chi connectivity index (χ1) is 10.9. The second-order valence-electron chi connectivity index (χ2n) is 4.87. The molecule has 0 bridgehead atoms. The highest BCUT2D eigenvalue weighted by Crippen LogP contribution is 2.33. The van der Waals surface area contributed by atoms with Crippen molar-refractivity contribution >= 4 is 50.1 Å². The summed E-state index contributed by atoms with van der Waals surface area (Å²) >= 11 is 4.38. The van der Waals surface area contributed by atoms with Crippen LogP contribution < -0.4 is 4.72 Å². The van der Waals surface area contributed by atoms with Crippen molar-refractivity contribution in [2.24, 2.45) is 0 Å². The van der Waals surface area contributed by atoms with Crippen LogP contribution in [0.2, 0.25) is 0 Å². The van der Waals surface area contributed by atoms with Crippen molar-refractivity contribution < 1.29 is 8.42 Å². The Morgan fingerprint density at radius 2 is 2.00 bits per heavy atom. The van der Waals surface area contributed by atoms with Gasteiger partial charge in [-0.2, -0.15) is 0 Å². The van der Waals surface area contributed by atoms with Gasteiger partial charge in [-0.1, -0.05) is 17.8 Å². The lowest BCUT2D eigenvalue weighted by Gasteiger charge is -2.10. The predicted octanol–water partition coefficient (Wildman–Crippen LogP) is 4.77. The second kappa shape index (κ2) is 6.64. The minimum absolute atomic E-state index is 0.314. The Hall–Kier alpha value is -1.35. The molecular weight excluding hydrogens is 368 g/mol. The number of aryl methyl sites for hydroxylation is 2. The molecule has 2 aromatic heterocycles. The zero-order valence-corrected chi connectivity index (χ0v) is 15.7. The fraction of sp³-hybridized carbons (Fsp3) is 0.133. The summed E-state index contributed by atoms with van der Waals surface area (Å²) in [6.07, 6.45) is 0. The van der Waals surface area contributed by atoms with E-state index in [4.69, 9.17) is 0 Å². The predicted molar refractivity (Wildman–Crippen MR) is 97.3 cm³/mol. The van der Waals surface area contributed by atoms with E-state index in [1.807, 2.05) is 31.4 Å². The third-order valence-electron chi connectivity index (χ3n) is 3.01. The average Bonchev–Trinajstić information content (AvgIpc) is 3.14. The highest BCUT2D eigenvalue weighted by Gasteiger charge is 2.16. The van der Waals surface area contributed by atoms with Gasteiger partial charge in [0, 0.05) is 16.0 Å². The van der Waals surface area contributed by atoms with Crippen LogP contribution in [0.5, 0.6) is 0 Å². The van der Waals surface area contributed by atoms with Gasteiger partial charge in [0.05, 0.1) is 5.69 Å². The number of nitrogens with one attached hydrogen (secondary N) is 1. The number of thiazole rings is 1. The number of sulfonamides is 1.